The molecule has 2 fully saturated rings. The molecular formula is C15H28N2O. The van der Waals surface area contributed by atoms with Crippen LogP contribution in [0.15, 0.2) is 0 Å². The van der Waals surface area contributed by atoms with Gasteiger partial charge in [-0.05, 0) is 50.4 Å². The molecule has 3 heteroatoms. The van der Waals surface area contributed by atoms with Gasteiger partial charge in [0.1, 0.15) is 0 Å². The molecule has 0 aromatic rings. The lowest BCUT2D eigenvalue weighted by Crippen LogP contribution is -2.42. The highest BCUT2D eigenvalue weighted by atomic mass is 16.1. The lowest BCUT2D eigenvalue weighted by molar-refractivity contribution is -0.127. The molecular weight excluding hydrogens is 224 g/mol. The maximum Gasteiger partial charge on any atom is 0.223 e. The van der Waals surface area contributed by atoms with E-state index in [1.165, 1.54) is 12.8 Å². The van der Waals surface area contributed by atoms with E-state index in [-0.39, 0.29) is 11.8 Å². The molecule has 2 aliphatic rings. The van der Waals surface area contributed by atoms with Crippen LogP contribution in [0.5, 0.6) is 0 Å². The Kier molecular flexibility index (Phi) is 4.66. The molecule has 2 saturated carbocycles. The fourth-order valence-corrected chi connectivity index (χ4v) is 3.71. The number of rotatable bonds is 3. The van der Waals surface area contributed by atoms with Crippen molar-refractivity contribution in [2.24, 2.45) is 23.5 Å². The first-order valence-corrected chi connectivity index (χ1v) is 7.67. The standard InChI is InChI=1S/C15H28N2O/c1-3-11-6-9-14(10(11)2)17-15(18)12-4-7-13(16)8-5-12/h10-14H,3-9,16H2,1-2H3,(H,17,18). The van der Waals surface area contributed by atoms with Gasteiger partial charge in [0.2, 0.25) is 5.91 Å². The molecule has 0 aromatic carbocycles. The van der Waals surface area contributed by atoms with Crippen molar-refractivity contribution in [1.29, 1.82) is 0 Å². The SMILES string of the molecule is CCC1CCC(NC(=O)C2CCC(N)CC2)C1C. The van der Waals surface area contributed by atoms with Crippen LogP contribution in [0.3, 0.4) is 0 Å². The zero-order valence-electron chi connectivity index (χ0n) is 11.8. The second-order valence-corrected chi connectivity index (χ2v) is 6.33. The van der Waals surface area contributed by atoms with Crippen molar-refractivity contribution in [2.75, 3.05) is 0 Å². The molecule has 0 bridgehead atoms. The van der Waals surface area contributed by atoms with E-state index < -0.39 is 0 Å². The molecule has 0 radical (unpaired) electrons. The number of amides is 1. The van der Waals surface area contributed by atoms with Gasteiger partial charge in [0.05, 0.1) is 0 Å². The van der Waals surface area contributed by atoms with E-state index in [4.69, 9.17) is 5.73 Å². The zero-order chi connectivity index (χ0) is 13.1. The van der Waals surface area contributed by atoms with Crippen LogP contribution in [-0.2, 0) is 4.79 Å². The molecule has 0 heterocycles. The topological polar surface area (TPSA) is 55.1 Å². The summed E-state index contributed by atoms with van der Waals surface area (Å²) in [5.41, 5.74) is 5.89. The number of carbonyl (C=O) groups excluding carboxylic acids is 1. The molecule has 1 amide bonds. The van der Waals surface area contributed by atoms with Crippen LogP contribution in [0.4, 0.5) is 0 Å². The van der Waals surface area contributed by atoms with Gasteiger partial charge in [-0.1, -0.05) is 20.3 Å². The summed E-state index contributed by atoms with van der Waals surface area (Å²) in [5, 5.41) is 3.30. The van der Waals surface area contributed by atoms with Crippen molar-refractivity contribution in [3.8, 4) is 0 Å². The summed E-state index contributed by atoms with van der Waals surface area (Å²) in [6.07, 6.45) is 7.66. The largest absolute Gasteiger partial charge is 0.353 e. The molecule has 18 heavy (non-hydrogen) atoms. The van der Waals surface area contributed by atoms with Crippen LogP contribution in [-0.4, -0.2) is 18.0 Å². The molecule has 3 nitrogen and oxygen atoms in total. The monoisotopic (exact) mass is 252 g/mol. The lowest BCUT2D eigenvalue weighted by atomic mass is 9.85. The van der Waals surface area contributed by atoms with Gasteiger partial charge in [0.25, 0.3) is 0 Å². The molecule has 0 aliphatic heterocycles. The Balaban J connectivity index is 1.81. The van der Waals surface area contributed by atoms with Crippen LogP contribution in [0.2, 0.25) is 0 Å². The van der Waals surface area contributed by atoms with E-state index in [2.05, 4.69) is 19.2 Å². The minimum absolute atomic E-state index is 0.220. The predicted octanol–water partition coefficient (Wildman–Crippen LogP) is 2.44. The fourth-order valence-electron chi connectivity index (χ4n) is 3.71. The van der Waals surface area contributed by atoms with Gasteiger partial charge in [-0.15, -0.1) is 0 Å². The van der Waals surface area contributed by atoms with Crippen LogP contribution >= 0.6 is 0 Å². The van der Waals surface area contributed by atoms with Gasteiger partial charge in [-0.2, -0.15) is 0 Å². The average molecular weight is 252 g/mol. The van der Waals surface area contributed by atoms with E-state index in [1.54, 1.807) is 0 Å². The summed E-state index contributed by atoms with van der Waals surface area (Å²) in [6.45, 7) is 4.55. The van der Waals surface area contributed by atoms with E-state index in [0.29, 0.717) is 18.0 Å². The number of carbonyl (C=O) groups is 1. The minimum atomic E-state index is 0.220. The van der Waals surface area contributed by atoms with E-state index in [1.807, 2.05) is 0 Å². The lowest BCUT2D eigenvalue weighted by Gasteiger charge is -2.28. The third-order valence-electron chi connectivity index (χ3n) is 5.22. The molecule has 3 atom stereocenters. The molecule has 0 spiro atoms. The Hall–Kier alpha value is -0.570. The molecule has 2 aliphatic carbocycles. The summed E-state index contributed by atoms with van der Waals surface area (Å²) in [7, 11) is 0. The Morgan fingerprint density at radius 2 is 1.83 bits per heavy atom. The highest BCUT2D eigenvalue weighted by Gasteiger charge is 2.34. The number of hydrogen-bond acceptors (Lipinski definition) is 2. The second-order valence-electron chi connectivity index (χ2n) is 6.33. The number of hydrogen-bond donors (Lipinski definition) is 2. The van der Waals surface area contributed by atoms with Crippen molar-refractivity contribution in [2.45, 2.75) is 70.9 Å². The molecule has 3 unspecified atom stereocenters. The van der Waals surface area contributed by atoms with Crippen LogP contribution in [0.1, 0.15) is 58.8 Å². The van der Waals surface area contributed by atoms with Gasteiger partial charge >= 0.3 is 0 Å². The van der Waals surface area contributed by atoms with E-state index >= 15 is 0 Å². The third-order valence-corrected chi connectivity index (χ3v) is 5.22. The smallest absolute Gasteiger partial charge is 0.223 e. The quantitative estimate of drug-likeness (QED) is 0.810. The van der Waals surface area contributed by atoms with Gasteiger partial charge in [-0.25, -0.2) is 0 Å². The molecule has 3 N–H and O–H groups in total. The summed E-state index contributed by atoms with van der Waals surface area (Å²) in [4.78, 5) is 12.2. The molecule has 0 aromatic heterocycles. The van der Waals surface area contributed by atoms with Crippen molar-refractivity contribution in [1.82, 2.24) is 5.32 Å². The average Bonchev–Trinajstić information content (AvgIpc) is 2.71. The Labute approximate surface area is 111 Å². The normalized spacial score (nSPS) is 40.7. The maximum atomic E-state index is 12.2. The second kappa shape index (κ2) is 6.05. The summed E-state index contributed by atoms with van der Waals surface area (Å²) in [6, 6.07) is 0.738. The van der Waals surface area contributed by atoms with Crippen molar-refractivity contribution in [3.63, 3.8) is 0 Å². The van der Waals surface area contributed by atoms with Crippen molar-refractivity contribution < 1.29 is 4.79 Å². The van der Waals surface area contributed by atoms with E-state index in [9.17, 15) is 4.79 Å². The van der Waals surface area contributed by atoms with Gasteiger partial charge in [0, 0.05) is 18.0 Å². The Morgan fingerprint density at radius 1 is 1.17 bits per heavy atom. The van der Waals surface area contributed by atoms with Crippen LogP contribution < -0.4 is 11.1 Å². The van der Waals surface area contributed by atoms with Gasteiger partial charge in [-0.3, -0.25) is 4.79 Å². The zero-order valence-corrected chi connectivity index (χ0v) is 11.8. The van der Waals surface area contributed by atoms with Gasteiger partial charge in [0.15, 0.2) is 0 Å². The molecule has 2 rings (SSSR count). The predicted molar refractivity (Wildman–Crippen MR) is 74.0 cm³/mol. The van der Waals surface area contributed by atoms with Crippen LogP contribution in [0, 0.1) is 17.8 Å². The minimum Gasteiger partial charge on any atom is -0.353 e. The molecule has 0 saturated heterocycles. The van der Waals surface area contributed by atoms with Crippen LogP contribution in [0.25, 0.3) is 0 Å². The summed E-state index contributed by atoms with van der Waals surface area (Å²) in [5.74, 6) is 1.95. The number of nitrogens with two attached hydrogens (primary N) is 1. The van der Waals surface area contributed by atoms with Crippen molar-refractivity contribution >= 4 is 5.91 Å². The first-order valence-electron chi connectivity index (χ1n) is 7.67. The fraction of sp³-hybridized carbons (Fsp3) is 0.933. The van der Waals surface area contributed by atoms with Gasteiger partial charge < -0.3 is 11.1 Å². The molecule has 104 valence electrons. The summed E-state index contributed by atoms with van der Waals surface area (Å²) < 4.78 is 0. The highest BCUT2D eigenvalue weighted by molar-refractivity contribution is 5.79. The van der Waals surface area contributed by atoms with E-state index in [0.717, 1.165) is 38.0 Å². The Morgan fingerprint density at radius 3 is 2.39 bits per heavy atom. The maximum absolute atomic E-state index is 12.2. The third kappa shape index (κ3) is 3.05. The first-order chi connectivity index (χ1) is 8.61. The highest BCUT2D eigenvalue weighted by Crippen LogP contribution is 2.34. The number of nitrogens with one attached hydrogen (secondary N) is 1. The summed E-state index contributed by atoms with van der Waals surface area (Å²) >= 11 is 0. The first kappa shape index (κ1) is 13.9. The Bertz CT molecular complexity index is 284. The van der Waals surface area contributed by atoms with Crippen molar-refractivity contribution in [3.05, 3.63) is 0 Å².